The van der Waals surface area contributed by atoms with Crippen LogP contribution in [0.25, 0.3) is 0 Å². The standard InChI is InChI=1S/C29H34N2O2/c1-2-23-10-9-13-26(22-23)28(24-11-5-3-6-12-24)30-29(32)25-16-18-31(19-17-25)20-21-33-27-14-7-4-8-15-27/h3-15,22,25,28H,2,16-21H2,1H3,(H,30,32). The minimum absolute atomic E-state index is 0.0526. The van der Waals surface area contributed by atoms with E-state index in [0.717, 1.165) is 55.8 Å². The average Bonchev–Trinajstić information content (AvgIpc) is 2.88. The van der Waals surface area contributed by atoms with Gasteiger partial charge >= 0.3 is 0 Å². The highest BCUT2D eigenvalue weighted by Crippen LogP contribution is 2.25. The van der Waals surface area contributed by atoms with Crippen LogP contribution in [0.4, 0.5) is 0 Å². The van der Waals surface area contributed by atoms with Crippen LogP contribution in [0.15, 0.2) is 84.9 Å². The van der Waals surface area contributed by atoms with Crippen LogP contribution < -0.4 is 10.1 Å². The van der Waals surface area contributed by atoms with E-state index in [4.69, 9.17) is 4.74 Å². The summed E-state index contributed by atoms with van der Waals surface area (Å²) in [7, 11) is 0. The topological polar surface area (TPSA) is 41.6 Å². The van der Waals surface area contributed by atoms with Crippen LogP contribution in [0, 0.1) is 5.92 Å². The molecule has 1 heterocycles. The van der Waals surface area contributed by atoms with Crippen LogP contribution >= 0.6 is 0 Å². The third kappa shape index (κ3) is 6.45. The van der Waals surface area contributed by atoms with Crippen molar-refractivity contribution in [3.05, 3.63) is 102 Å². The number of carbonyl (C=O) groups is 1. The van der Waals surface area contributed by atoms with Crippen LogP contribution in [0.3, 0.4) is 0 Å². The Balaban J connectivity index is 1.33. The molecule has 1 aliphatic rings. The summed E-state index contributed by atoms with van der Waals surface area (Å²) in [6.45, 7) is 5.58. The van der Waals surface area contributed by atoms with Gasteiger partial charge in [0.1, 0.15) is 12.4 Å². The number of nitrogens with one attached hydrogen (secondary N) is 1. The first-order valence-electron chi connectivity index (χ1n) is 12.1. The van der Waals surface area contributed by atoms with Crippen LogP contribution in [0.2, 0.25) is 0 Å². The van der Waals surface area contributed by atoms with Gasteiger partial charge in [-0.05, 0) is 61.2 Å². The highest BCUT2D eigenvalue weighted by atomic mass is 16.5. The Bertz CT molecular complexity index is 998. The number of nitrogens with zero attached hydrogens (tertiary/aromatic N) is 1. The minimum Gasteiger partial charge on any atom is -0.492 e. The maximum atomic E-state index is 13.3. The lowest BCUT2D eigenvalue weighted by Gasteiger charge is -2.32. The molecule has 1 atom stereocenters. The molecule has 1 N–H and O–H groups in total. The Labute approximate surface area is 197 Å². The SMILES string of the molecule is CCc1cccc(C(NC(=O)C2CCN(CCOc3ccccc3)CC2)c2ccccc2)c1. The van der Waals surface area contributed by atoms with E-state index in [1.807, 2.05) is 48.5 Å². The number of ether oxygens (including phenoxy) is 1. The highest BCUT2D eigenvalue weighted by Gasteiger charge is 2.27. The zero-order valence-electron chi connectivity index (χ0n) is 19.5. The summed E-state index contributed by atoms with van der Waals surface area (Å²) in [4.78, 5) is 15.7. The summed E-state index contributed by atoms with van der Waals surface area (Å²) >= 11 is 0. The van der Waals surface area contributed by atoms with Gasteiger partial charge in [-0.1, -0.05) is 79.7 Å². The van der Waals surface area contributed by atoms with Crippen molar-refractivity contribution < 1.29 is 9.53 Å². The third-order valence-corrected chi connectivity index (χ3v) is 6.49. The van der Waals surface area contributed by atoms with Gasteiger partial charge in [-0.2, -0.15) is 0 Å². The normalized spacial score (nSPS) is 15.7. The van der Waals surface area contributed by atoms with Gasteiger partial charge in [0.25, 0.3) is 0 Å². The van der Waals surface area contributed by atoms with Crippen LogP contribution in [-0.4, -0.2) is 37.0 Å². The molecule has 0 spiro atoms. The lowest BCUT2D eigenvalue weighted by Crippen LogP contribution is -2.42. The smallest absolute Gasteiger partial charge is 0.223 e. The second-order valence-electron chi connectivity index (χ2n) is 8.73. The van der Waals surface area contributed by atoms with Gasteiger partial charge in [-0.25, -0.2) is 0 Å². The van der Waals surface area contributed by atoms with Crippen LogP contribution in [0.5, 0.6) is 5.75 Å². The van der Waals surface area contributed by atoms with Gasteiger partial charge in [0.15, 0.2) is 0 Å². The second-order valence-corrected chi connectivity index (χ2v) is 8.73. The molecule has 3 aromatic rings. The molecule has 4 rings (SSSR count). The lowest BCUT2D eigenvalue weighted by atomic mass is 9.93. The van der Waals surface area contributed by atoms with Crippen molar-refractivity contribution in [2.45, 2.75) is 32.2 Å². The summed E-state index contributed by atoms with van der Waals surface area (Å²) in [5, 5.41) is 3.37. The van der Waals surface area contributed by atoms with Crippen LogP contribution in [-0.2, 0) is 11.2 Å². The Morgan fingerprint density at radius 1 is 0.939 bits per heavy atom. The molecule has 1 unspecified atom stereocenters. The van der Waals surface area contributed by atoms with E-state index < -0.39 is 0 Å². The van der Waals surface area contributed by atoms with Gasteiger partial charge in [0.05, 0.1) is 6.04 Å². The molecule has 1 saturated heterocycles. The first-order chi connectivity index (χ1) is 16.2. The molecule has 1 aliphatic heterocycles. The first-order valence-corrected chi connectivity index (χ1v) is 12.1. The predicted octanol–water partition coefficient (Wildman–Crippen LogP) is 5.25. The molecule has 0 aromatic heterocycles. The zero-order chi connectivity index (χ0) is 22.9. The fraction of sp³-hybridized carbons (Fsp3) is 0.345. The number of hydrogen-bond donors (Lipinski definition) is 1. The molecular weight excluding hydrogens is 408 g/mol. The van der Waals surface area contributed by atoms with Crippen molar-refractivity contribution in [1.82, 2.24) is 10.2 Å². The average molecular weight is 443 g/mol. The van der Waals surface area contributed by atoms with E-state index in [2.05, 4.69) is 53.5 Å². The maximum absolute atomic E-state index is 13.3. The molecular formula is C29H34N2O2. The summed E-state index contributed by atoms with van der Waals surface area (Å²) in [6, 6.07) is 28.7. The zero-order valence-corrected chi connectivity index (χ0v) is 19.5. The number of benzene rings is 3. The summed E-state index contributed by atoms with van der Waals surface area (Å²) in [6.07, 6.45) is 2.75. The lowest BCUT2D eigenvalue weighted by molar-refractivity contribution is -0.127. The van der Waals surface area contributed by atoms with Crippen molar-refractivity contribution in [1.29, 1.82) is 0 Å². The number of piperidine rings is 1. The molecule has 33 heavy (non-hydrogen) atoms. The Morgan fingerprint density at radius 2 is 1.61 bits per heavy atom. The van der Waals surface area contributed by atoms with E-state index >= 15 is 0 Å². The number of likely N-dealkylation sites (tertiary alicyclic amines) is 1. The largest absolute Gasteiger partial charge is 0.492 e. The highest BCUT2D eigenvalue weighted by molar-refractivity contribution is 5.79. The van der Waals surface area contributed by atoms with Gasteiger partial charge in [0, 0.05) is 12.5 Å². The van der Waals surface area contributed by atoms with E-state index in [-0.39, 0.29) is 17.9 Å². The predicted molar refractivity (Wildman–Crippen MR) is 133 cm³/mol. The molecule has 4 heteroatoms. The maximum Gasteiger partial charge on any atom is 0.223 e. The molecule has 1 fully saturated rings. The molecule has 4 nitrogen and oxygen atoms in total. The van der Waals surface area contributed by atoms with Crippen molar-refractivity contribution in [3.8, 4) is 5.75 Å². The quantitative estimate of drug-likeness (QED) is 0.492. The molecule has 1 amide bonds. The number of aryl methyl sites for hydroxylation is 1. The van der Waals surface area contributed by atoms with E-state index in [0.29, 0.717) is 6.61 Å². The van der Waals surface area contributed by atoms with Gasteiger partial charge < -0.3 is 10.1 Å². The number of para-hydroxylation sites is 1. The van der Waals surface area contributed by atoms with E-state index in [1.54, 1.807) is 0 Å². The van der Waals surface area contributed by atoms with Crippen LogP contribution in [0.1, 0.15) is 42.5 Å². The minimum atomic E-state index is -0.123. The molecule has 172 valence electrons. The van der Waals surface area contributed by atoms with Gasteiger partial charge in [-0.3, -0.25) is 9.69 Å². The first kappa shape index (κ1) is 23.1. The van der Waals surface area contributed by atoms with Crippen molar-refractivity contribution in [2.75, 3.05) is 26.2 Å². The Morgan fingerprint density at radius 3 is 2.30 bits per heavy atom. The van der Waals surface area contributed by atoms with Crippen molar-refractivity contribution in [3.63, 3.8) is 0 Å². The summed E-state index contributed by atoms with van der Waals surface area (Å²) in [5.74, 6) is 1.12. The van der Waals surface area contributed by atoms with Crippen molar-refractivity contribution >= 4 is 5.91 Å². The summed E-state index contributed by atoms with van der Waals surface area (Å²) < 4.78 is 5.83. The Kier molecular flexibility index (Phi) is 8.15. The van der Waals surface area contributed by atoms with Gasteiger partial charge in [0.2, 0.25) is 5.91 Å². The summed E-state index contributed by atoms with van der Waals surface area (Å²) in [5.41, 5.74) is 3.55. The third-order valence-electron chi connectivity index (χ3n) is 6.49. The second kappa shape index (κ2) is 11.7. The fourth-order valence-corrected chi connectivity index (χ4v) is 4.49. The number of hydrogen-bond acceptors (Lipinski definition) is 3. The molecule has 3 aromatic carbocycles. The number of rotatable bonds is 9. The van der Waals surface area contributed by atoms with E-state index in [1.165, 1.54) is 5.56 Å². The molecule has 0 bridgehead atoms. The monoisotopic (exact) mass is 442 g/mol. The van der Waals surface area contributed by atoms with Gasteiger partial charge in [-0.15, -0.1) is 0 Å². The molecule has 0 saturated carbocycles. The Hall–Kier alpha value is -3.11. The molecule has 0 aliphatic carbocycles. The van der Waals surface area contributed by atoms with E-state index in [9.17, 15) is 4.79 Å². The molecule has 0 radical (unpaired) electrons. The van der Waals surface area contributed by atoms with Crippen molar-refractivity contribution in [2.24, 2.45) is 5.92 Å². The number of amides is 1. The number of carbonyl (C=O) groups excluding carboxylic acids is 1. The fourth-order valence-electron chi connectivity index (χ4n) is 4.49.